The zero-order valence-electron chi connectivity index (χ0n) is 14.2. The van der Waals surface area contributed by atoms with Gasteiger partial charge in [0.15, 0.2) is 0 Å². The Hall–Kier alpha value is -2.16. The Morgan fingerprint density at radius 1 is 1.20 bits per heavy atom. The second-order valence-electron chi connectivity index (χ2n) is 5.35. The molecular formula is C17H22N2O5S. The quantitative estimate of drug-likeness (QED) is 0.742. The molecular weight excluding hydrogens is 344 g/mol. The van der Waals surface area contributed by atoms with Gasteiger partial charge in [0, 0.05) is 18.7 Å². The predicted octanol–water partition coefficient (Wildman–Crippen LogP) is 1.77. The standard InChI is InChI=1S/C17H22N2O5S/c1-3-19(4-2)25(22,23)14-9-7-13(8-10-14)17(21)18-12-15(20)16-6-5-11-24-16/h5-11,15,20H,3-4,12H2,1-2H3,(H,18,21). The van der Waals surface area contributed by atoms with Crippen LogP contribution < -0.4 is 5.32 Å². The molecule has 0 bridgehead atoms. The predicted molar refractivity (Wildman–Crippen MR) is 92.5 cm³/mol. The van der Waals surface area contributed by atoms with Crippen molar-refractivity contribution in [2.24, 2.45) is 0 Å². The Balaban J connectivity index is 2.03. The summed E-state index contributed by atoms with van der Waals surface area (Å²) in [7, 11) is -3.55. The van der Waals surface area contributed by atoms with Crippen LogP contribution in [0.3, 0.4) is 0 Å². The fourth-order valence-electron chi connectivity index (χ4n) is 2.36. The first-order chi connectivity index (χ1) is 11.9. The first-order valence-corrected chi connectivity index (χ1v) is 9.44. The highest BCUT2D eigenvalue weighted by Gasteiger charge is 2.21. The molecule has 1 atom stereocenters. The average molecular weight is 366 g/mol. The highest BCUT2D eigenvalue weighted by molar-refractivity contribution is 7.89. The fourth-order valence-corrected chi connectivity index (χ4v) is 3.82. The maximum Gasteiger partial charge on any atom is 0.251 e. The van der Waals surface area contributed by atoms with Crippen LogP contribution in [0.5, 0.6) is 0 Å². The van der Waals surface area contributed by atoms with Crippen molar-refractivity contribution in [2.75, 3.05) is 19.6 Å². The Labute approximate surface area is 147 Å². The van der Waals surface area contributed by atoms with E-state index in [0.717, 1.165) is 0 Å². The lowest BCUT2D eigenvalue weighted by atomic mass is 10.2. The van der Waals surface area contributed by atoms with E-state index in [1.54, 1.807) is 26.0 Å². The number of benzene rings is 1. The molecule has 0 aliphatic carbocycles. The van der Waals surface area contributed by atoms with Gasteiger partial charge < -0.3 is 14.8 Å². The molecule has 1 aromatic carbocycles. The van der Waals surface area contributed by atoms with Crippen molar-refractivity contribution in [3.8, 4) is 0 Å². The van der Waals surface area contributed by atoms with Gasteiger partial charge in [0.05, 0.1) is 17.7 Å². The van der Waals surface area contributed by atoms with Crippen molar-refractivity contribution in [1.29, 1.82) is 0 Å². The van der Waals surface area contributed by atoms with Gasteiger partial charge in [0.25, 0.3) is 5.91 Å². The number of nitrogens with zero attached hydrogens (tertiary/aromatic N) is 1. The number of carbonyl (C=O) groups is 1. The zero-order chi connectivity index (χ0) is 18.4. The van der Waals surface area contributed by atoms with Gasteiger partial charge in [-0.3, -0.25) is 4.79 Å². The molecule has 1 unspecified atom stereocenters. The minimum Gasteiger partial charge on any atom is -0.467 e. The van der Waals surface area contributed by atoms with Crippen molar-refractivity contribution >= 4 is 15.9 Å². The summed E-state index contributed by atoms with van der Waals surface area (Å²) < 4.78 is 31.2. The average Bonchev–Trinajstić information content (AvgIpc) is 3.15. The first-order valence-electron chi connectivity index (χ1n) is 8.00. The first kappa shape index (κ1) is 19.2. The molecule has 7 nitrogen and oxygen atoms in total. The number of aliphatic hydroxyl groups is 1. The summed E-state index contributed by atoms with van der Waals surface area (Å²) in [5, 5.41) is 12.5. The number of amides is 1. The largest absolute Gasteiger partial charge is 0.467 e. The lowest BCUT2D eigenvalue weighted by molar-refractivity contribution is 0.0901. The normalized spacial score (nSPS) is 13.0. The minimum absolute atomic E-state index is 0.00809. The van der Waals surface area contributed by atoms with E-state index in [0.29, 0.717) is 24.4 Å². The summed E-state index contributed by atoms with van der Waals surface area (Å²) in [6.07, 6.45) is 0.497. The van der Waals surface area contributed by atoms with Crippen LogP contribution in [0.2, 0.25) is 0 Å². The molecule has 136 valence electrons. The zero-order valence-corrected chi connectivity index (χ0v) is 15.0. The van der Waals surface area contributed by atoms with E-state index >= 15 is 0 Å². The molecule has 0 aliphatic heterocycles. The van der Waals surface area contributed by atoms with Gasteiger partial charge in [0.2, 0.25) is 10.0 Å². The molecule has 8 heteroatoms. The van der Waals surface area contributed by atoms with Crippen LogP contribution in [0.25, 0.3) is 0 Å². The van der Waals surface area contributed by atoms with Crippen molar-refractivity contribution < 1.29 is 22.7 Å². The Bertz CT molecular complexity index is 781. The molecule has 25 heavy (non-hydrogen) atoms. The number of furan rings is 1. The Morgan fingerprint density at radius 2 is 1.84 bits per heavy atom. The molecule has 0 spiro atoms. The maximum atomic E-state index is 12.4. The van der Waals surface area contributed by atoms with E-state index in [4.69, 9.17) is 4.42 Å². The van der Waals surface area contributed by atoms with E-state index in [1.807, 2.05) is 0 Å². The number of nitrogens with one attached hydrogen (secondary N) is 1. The van der Waals surface area contributed by atoms with Crippen LogP contribution in [0.4, 0.5) is 0 Å². The third-order valence-electron chi connectivity index (χ3n) is 3.79. The van der Waals surface area contributed by atoms with Crippen LogP contribution in [0.15, 0.2) is 52.0 Å². The van der Waals surface area contributed by atoms with Gasteiger partial charge in [-0.15, -0.1) is 0 Å². The van der Waals surface area contributed by atoms with Gasteiger partial charge in [0.1, 0.15) is 11.9 Å². The second kappa shape index (κ2) is 8.28. The minimum atomic E-state index is -3.55. The monoisotopic (exact) mass is 366 g/mol. The molecule has 1 heterocycles. The van der Waals surface area contributed by atoms with E-state index in [1.165, 1.54) is 34.8 Å². The lowest BCUT2D eigenvalue weighted by Gasteiger charge is -2.18. The molecule has 0 aliphatic rings. The van der Waals surface area contributed by atoms with Gasteiger partial charge in [-0.05, 0) is 36.4 Å². The second-order valence-corrected chi connectivity index (χ2v) is 7.29. The van der Waals surface area contributed by atoms with Gasteiger partial charge >= 0.3 is 0 Å². The van der Waals surface area contributed by atoms with Crippen LogP contribution in [-0.4, -0.2) is 43.4 Å². The molecule has 1 amide bonds. The van der Waals surface area contributed by atoms with Gasteiger partial charge in [-0.2, -0.15) is 4.31 Å². The van der Waals surface area contributed by atoms with Crippen LogP contribution in [0.1, 0.15) is 36.1 Å². The third kappa shape index (κ3) is 4.47. The Kier molecular flexibility index (Phi) is 6.35. The molecule has 2 aromatic rings. The summed E-state index contributed by atoms with van der Waals surface area (Å²) in [6.45, 7) is 4.30. The summed E-state index contributed by atoms with van der Waals surface area (Å²) in [5.41, 5.74) is 0.310. The van der Waals surface area contributed by atoms with E-state index in [9.17, 15) is 18.3 Å². The smallest absolute Gasteiger partial charge is 0.251 e. The molecule has 0 radical (unpaired) electrons. The molecule has 2 rings (SSSR count). The summed E-state index contributed by atoms with van der Waals surface area (Å²) in [5.74, 6) is -0.0432. The Morgan fingerprint density at radius 3 is 2.36 bits per heavy atom. The molecule has 0 saturated heterocycles. The van der Waals surface area contributed by atoms with E-state index in [2.05, 4.69) is 5.32 Å². The van der Waals surface area contributed by atoms with Gasteiger partial charge in [-0.25, -0.2) is 8.42 Å². The topological polar surface area (TPSA) is 99.9 Å². The number of carbonyl (C=O) groups excluding carboxylic acids is 1. The highest BCUT2D eigenvalue weighted by Crippen LogP contribution is 2.16. The number of hydrogen-bond acceptors (Lipinski definition) is 5. The van der Waals surface area contributed by atoms with Gasteiger partial charge in [-0.1, -0.05) is 13.8 Å². The lowest BCUT2D eigenvalue weighted by Crippen LogP contribution is -2.31. The van der Waals surface area contributed by atoms with Crippen LogP contribution in [0, 0.1) is 0 Å². The highest BCUT2D eigenvalue weighted by atomic mass is 32.2. The van der Waals surface area contributed by atoms with Crippen molar-refractivity contribution in [3.05, 3.63) is 54.0 Å². The fraction of sp³-hybridized carbons (Fsp3) is 0.353. The number of rotatable bonds is 8. The number of sulfonamides is 1. The van der Waals surface area contributed by atoms with Crippen LogP contribution in [-0.2, 0) is 10.0 Å². The summed E-state index contributed by atoms with van der Waals surface area (Å²) in [6, 6.07) is 8.98. The third-order valence-corrected chi connectivity index (χ3v) is 5.85. The molecule has 0 saturated carbocycles. The molecule has 0 fully saturated rings. The summed E-state index contributed by atoms with van der Waals surface area (Å²) >= 11 is 0. The van der Waals surface area contributed by atoms with E-state index < -0.39 is 22.0 Å². The SMILES string of the molecule is CCN(CC)S(=O)(=O)c1ccc(C(=O)NCC(O)c2ccco2)cc1. The maximum absolute atomic E-state index is 12.4. The number of aliphatic hydroxyl groups excluding tert-OH is 1. The van der Waals surface area contributed by atoms with Crippen molar-refractivity contribution in [1.82, 2.24) is 9.62 Å². The summed E-state index contributed by atoms with van der Waals surface area (Å²) in [4.78, 5) is 12.3. The van der Waals surface area contributed by atoms with Crippen molar-refractivity contribution in [3.63, 3.8) is 0 Å². The molecule has 2 N–H and O–H groups in total. The molecule has 1 aromatic heterocycles. The number of hydrogen-bond donors (Lipinski definition) is 2. The van der Waals surface area contributed by atoms with Crippen molar-refractivity contribution in [2.45, 2.75) is 24.8 Å². The van der Waals surface area contributed by atoms with Crippen LogP contribution >= 0.6 is 0 Å². The van der Waals surface area contributed by atoms with E-state index in [-0.39, 0.29) is 11.4 Å².